The Kier molecular flexibility index (Phi) is 13.6. The molecule has 3 rings (SSSR count). The van der Waals surface area contributed by atoms with E-state index in [1.165, 1.54) is 94.6 Å². The zero-order valence-electron chi connectivity index (χ0n) is 23.2. The minimum Gasteiger partial charge on any atom is -0.0888 e. The number of allylic oxidation sites excluding steroid dienone is 2. The molecular formula is C36H50. The SMILES string of the molecule is CC/C=C/CCc1ccc(C#Cc2ccc(CCC3CCC(CCCCCCCC)CC3)cc2)cc1. The maximum Gasteiger partial charge on any atom is 0.0249 e. The Balaban J connectivity index is 1.33. The highest BCUT2D eigenvalue weighted by Crippen LogP contribution is 2.34. The molecule has 0 nitrogen and oxygen atoms in total. The smallest absolute Gasteiger partial charge is 0.0249 e. The summed E-state index contributed by atoms with van der Waals surface area (Å²) in [5.74, 6) is 8.64. The molecule has 0 spiro atoms. The van der Waals surface area contributed by atoms with Gasteiger partial charge in [0.25, 0.3) is 0 Å². The predicted molar refractivity (Wildman–Crippen MR) is 158 cm³/mol. The third kappa shape index (κ3) is 11.2. The van der Waals surface area contributed by atoms with Crippen LogP contribution in [0, 0.1) is 23.7 Å². The van der Waals surface area contributed by atoms with E-state index < -0.39 is 0 Å². The van der Waals surface area contributed by atoms with Crippen LogP contribution < -0.4 is 0 Å². The fraction of sp³-hybridized carbons (Fsp3) is 0.556. The third-order valence-electron chi connectivity index (χ3n) is 8.03. The number of hydrogen-bond acceptors (Lipinski definition) is 0. The summed E-state index contributed by atoms with van der Waals surface area (Å²) in [6.45, 7) is 4.48. The molecule has 1 saturated carbocycles. The average Bonchev–Trinajstić information content (AvgIpc) is 2.92. The second kappa shape index (κ2) is 17.2. The zero-order chi connectivity index (χ0) is 25.3. The summed E-state index contributed by atoms with van der Waals surface area (Å²) in [5.41, 5.74) is 5.06. The van der Waals surface area contributed by atoms with Gasteiger partial charge in [0.1, 0.15) is 0 Å². The van der Waals surface area contributed by atoms with Crippen LogP contribution >= 0.6 is 0 Å². The molecule has 0 bridgehead atoms. The van der Waals surface area contributed by atoms with Crippen molar-refractivity contribution >= 4 is 0 Å². The summed E-state index contributed by atoms with van der Waals surface area (Å²) in [5, 5.41) is 0. The molecule has 0 radical (unpaired) electrons. The van der Waals surface area contributed by atoms with Crippen LogP contribution in [0.3, 0.4) is 0 Å². The Morgan fingerprint density at radius 1 is 0.611 bits per heavy atom. The van der Waals surface area contributed by atoms with Gasteiger partial charge in [-0.3, -0.25) is 0 Å². The molecule has 0 unspecified atom stereocenters. The number of unbranched alkanes of at least 4 members (excludes halogenated alkanes) is 5. The molecular weight excluding hydrogens is 432 g/mol. The van der Waals surface area contributed by atoms with Gasteiger partial charge >= 0.3 is 0 Å². The monoisotopic (exact) mass is 482 g/mol. The Labute approximate surface area is 223 Å². The summed E-state index contributed by atoms with van der Waals surface area (Å²) in [6.07, 6.45) is 26.4. The van der Waals surface area contributed by atoms with Crippen molar-refractivity contribution in [2.24, 2.45) is 11.8 Å². The van der Waals surface area contributed by atoms with E-state index in [-0.39, 0.29) is 0 Å². The lowest BCUT2D eigenvalue weighted by atomic mass is 9.77. The van der Waals surface area contributed by atoms with E-state index in [4.69, 9.17) is 0 Å². The number of benzene rings is 2. The van der Waals surface area contributed by atoms with E-state index >= 15 is 0 Å². The summed E-state index contributed by atoms with van der Waals surface area (Å²) in [4.78, 5) is 0. The van der Waals surface area contributed by atoms with Crippen molar-refractivity contribution in [2.45, 2.75) is 117 Å². The van der Waals surface area contributed by atoms with Crippen molar-refractivity contribution in [2.75, 3.05) is 0 Å². The van der Waals surface area contributed by atoms with Crippen molar-refractivity contribution in [1.29, 1.82) is 0 Å². The molecule has 0 amide bonds. The lowest BCUT2D eigenvalue weighted by Gasteiger charge is -2.28. The van der Waals surface area contributed by atoms with Gasteiger partial charge in [0.2, 0.25) is 0 Å². The van der Waals surface area contributed by atoms with Crippen molar-refractivity contribution in [1.82, 2.24) is 0 Å². The highest BCUT2D eigenvalue weighted by Gasteiger charge is 2.20. The molecule has 2 aromatic carbocycles. The fourth-order valence-electron chi connectivity index (χ4n) is 5.58. The molecule has 0 atom stereocenters. The van der Waals surface area contributed by atoms with Gasteiger partial charge in [0, 0.05) is 11.1 Å². The van der Waals surface area contributed by atoms with Crippen LogP contribution in [0.1, 0.15) is 126 Å². The molecule has 2 aromatic rings. The first-order chi connectivity index (χ1) is 17.8. The van der Waals surface area contributed by atoms with Crippen LogP contribution in [0.4, 0.5) is 0 Å². The Hall–Kier alpha value is -2.26. The van der Waals surface area contributed by atoms with Gasteiger partial charge in [-0.25, -0.2) is 0 Å². The molecule has 0 heterocycles. The topological polar surface area (TPSA) is 0 Å². The van der Waals surface area contributed by atoms with Crippen molar-refractivity contribution in [3.05, 3.63) is 82.9 Å². The van der Waals surface area contributed by atoms with Gasteiger partial charge in [-0.05, 0) is 79.3 Å². The van der Waals surface area contributed by atoms with Gasteiger partial charge in [0.15, 0.2) is 0 Å². The third-order valence-corrected chi connectivity index (χ3v) is 8.03. The largest absolute Gasteiger partial charge is 0.0888 e. The van der Waals surface area contributed by atoms with Crippen molar-refractivity contribution in [3.63, 3.8) is 0 Å². The van der Waals surface area contributed by atoms with Gasteiger partial charge in [-0.15, -0.1) is 0 Å². The predicted octanol–water partition coefficient (Wildman–Crippen LogP) is 10.5. The molecule has 1 fully saturated rings. The normalized spacial score (nSPS) is 17.7. The highest BCUT2D eigenvalue weighted by molar-refractivity contribution is 5.44. The van der Waals surface area contributed by atoms with Gasteiger partial charge in [-0.2, -0.15) is 0 Å². The van der Waals surface area contributed by atoms with Gasteiger partial charge in [-0.1, -0.05) is 133 Å². The van der Waals surface area contributed by atoms with Crippen LogP contribution in [0.2, 0.25) is 0 Å². The first-order valence-electron chi connectivity index (χ1n) is 15.1. The maximum atomic E-state index is 3.35. The quantitative estimate of drug-likeness (QED) is 0.143. The highest BCUT2D eigenvalue weighted by atomic mass is 14.3. The first-order valence-corrected chi connectivity index (χ1v) is 15.1. The lowest BCUT2D eigenvalue weighted by Crippen LogP contribution is -2.15. The summed E-state index contributed by atoms with van der Waals surface area (Å²) in [6, 6.07) is 17.7. The second-order valence-electron chi connectivity index (χ2n) is 11.0. The Morgan fingerprint density at radius 2 is 1.14 bits per heavy atom. The van der Waals surface area contributed by atoms with Crippen molar-refractivity contribution < 1.29 is 0 Å². The molecule has 194 valence electrons. The zero-order valence-corrected chi connectivity index (χ0v) is 23.2. The minimum absolute atomic E-state index is 0.941. The number of rotatable bonds is 14. The fourth-order valence-corrected chi connectivity index (χ4v) is 5.58. The molecule has 0 aliphatic heterocycles. The Bertz CT molecular complexity index is 911. The summed E-state index contributed by atoms with van der Waals surface area (Å²) < 4.78 is 0. The van der Waals surface area contributed by atoms with E-state index in [9.17, 15) is 0 Å². The summed E-state index contributed by atoms with van der Waals surface area (Å²) in [7, 11) is 0. The molecule has 0 saturated heterocycles. The van der Waals surface area contributed by atoms with Crippen LogP contribution in [0.5, 0.6) is 0 Å². The second-order valence-corrected chi connectivity index (χ2v) is 11.0. The first kappa shape index (κ1) is 28.3. The number of aryl methyl sites for hydroxylation is 2. The van der Waals surface area contributed by atoms with Crippen LogP contribution in [-0.4, -0.2) is 0 Å². The molecule has 0 N–H and O–H groups in total. The van der Waals surface area contributed by atoms with E-state index in [2.05, 4.69) is 86.4 Å². The van der Waals surface area contributed by atoms with Gasteiger partial charge < -0.3 is 0 Å². The Morgan fingerprint density at radius 3 is 1.72 bits per heavy atom. The van der Waals surface area contributed by atoms with Crippen LogP contribution in [0.25, 0.3) is 0 Å². The molecule has 1 aliphatic carbocycles. The van der Waals surface area contributed by atoms with Crippen molar-refractivity contribution in [3.8, 4) is 11.8 Å². The molecule has 0 aromatic heterocycles. The van der Waals surface area contributed by atoms with Crippen LogP contribution in [-0.2, 0) is 12.8 Å². The minimum atomic E-state index is 0.941. The maximum absolute atomic E-state index is 3.35. The molecule has 0 heteroatoms. The molecule has 36 heavy (non-hydrogen) atoms. The number of hydrogen-bond donors (Lipinski definition) is 0. The molecule has 1 aliphatic rings. The summed E-state index contributed by atoms with van der Waals surface area (Å²) >= 11 is 0. The lowest BCUT2D eigenvalue weighted by molar-refractivity contribution is 0.248. The van der Waals surface area contributed by atoms with Crippen LogP contribution in [0.15, 0.2) is 60.7 Å². The van der Waals surface area contributed by atoms with Gasteiger partial charge in [0.05, 0.1) is 0 Å². The van der Waals surface area contributed by atoms with E-state index in [0.29, 0.717) is 0 Å². The van der Waals surface area contributed by atoms with E-state index in [1.807, 2.05) is 0 Å². The average molecular weight is 483 g/mol. The van der Waals surface area contributed by atoms with E-state index in [0.717, 1.165) is 42.2 Å². The standard InChI is InChI=1S/C36H50/c1-3-5-7-9-10-12-14-32-17-21-34(22-18-32)24-26-36-29-27-35(28-30-36)25-23-33-19-15-31(16-20-33)13-11-8-6-4-2/h6,8,15-16,19-20,27-30,32,34H,3-5,7,9-14,17-18,21-22,24,26H2,1-2H3/b8-6+. The van der Waals surface area contributed by atoms with E-state index in [1.54, 1.807) is 0 Å².